The van der Waals surface area contributed by atoms with E-state index in [9.17, 15) is 24.3 Å². The summed E-state index contributed by atoms with van der Waals surface area (Å²) >= 11 is 0. The lowest BCUT2D eigenvalue weighted by molar-refractivity contribution is -0.138. The quantitative estimate of drug-likeness (QED) is 0.0938. The van der Waals surface area contributed by atoms with Crippen LogP contribution in [-0.2, 0) is 14.3 Å². The summed E-state index contributed by atoms with van der Waals surface area (Å²) in [7, 11) is 2.77. The Kier molecular flexibility index (Phi) is 13.2. The molecule has 0 spiro atoms. The predicted octanol–water partition coefficient (Wildman–Crippen LogP) is 9.31. The molecule has 4 aliphatic rings. The number of methoxy groups -OCH3 is 1. The van der Waals surface area contributed by atoms with Crippen molar-refractivity contribution in [3.05, 3.63) is 83.2 Å². The first-order valence-corrected chi connectivity index (χ1v) is 24.5. The van der Waals surface area contributed by atoms with Gasteiger partial charge in [-0.25, -0.2) is 19.6 Å². The molecule has 3 aromatic heterocycles. The maximum atomic E-state index is 14.0. The van der Waals surface area contributed by atoms with Crippen LogP contribution in [0.15, 0.2) is 54.7 Å². The molecular weight excluding hydrogens is 849 g/mol. The number of rotatable bonds is 12. The lowest BCUT2D eigenvalue weighted by Gasteiger charge is -2.33. The molecule has 4 fully saturated rings. The fourth-order valence-corrected chi connectivity index (χ4v) is 11.5. The molecule has 0 bridgehead atoms. The largest absolute Gasteiger partial charge is 0.465 e. The molecule has 1 aliphatic carbocycles. The molecule has 16 nitrogen and oxygen atoms in total. The molecule has 9 rings (SSSR count). The van der Waals surface area contributed by atoms with E-state index in [1.54, 1.807) is 0 Å². The number of ether oxygens (including phenoxy) is 1. The van der Waals surface area contributed by atoms with E-state index in [-0.39, 0.29) is 47.8 Å². The topological polar surface area (TPSA) is 193 Å². The van der Waals surface area contributed by atoms with Crippen molar-refractivity contribution in [1.82, 2.24) is 44.9 Å². The molecule has 5 aromatic rings. The number of carbonyl (C=O) groups excluding carboxylic acids is 3. The van der Waals surface area contributed by atoms with Gasteiger partial charge in [-0.1, -0.05) is 59.1 Å². The third-order valence-electron chi connectivity index (χ3n) is 15.0. The number of hydrogen-bond acceptors (Lipinski definition) is 9. The van der Waals surface area contributed by atoms with Gasteiger partial charge in [-0.05, 0) is 111 Å². The number of nitrogens with zero attached hydrogens (tertiary/aromatic N) is 7. The molecule has 6 atom stereocenters. The highest BCUT2D eigenvalue weighted by Crippen LogP contribution is 2.48. The molecule has 3 saturated heterocycles. The number of H-pyrrole nitrogens is 2. The Balaban J connectivity index is 1.01. The van der Waals surface area contributed by atoms with E-state index >= 15 is 0 Å². The number of benzene rings is 2. The Labute approximate surface area is 392 Å². The number of aromatic amines is 2. The summed E-state index contributed by atoms with van der Waals surface area (Å²) in [5.41, 5.74) is 8.01. The normalized spacial score (nSPS) is 22.3. The minimum absolute atomic E-state index is 0.0324. The maximum Gasteiger partial charge on any atom is 0.407 e. The van der Waals surface area contributed by atoms with Gasteiger partial charge < -0.3 is 39.8 Å². The van der Waals surface area contributed by atoms with Gasteiger partial charge in [-0.3, -0.25) is 19.5 Å². The zero-order chi connectivity index (χ0) is 47.1. The Morgan fingerprint density at radius 3 is 1.78 bits per heavy atom. The number of pyridine rings is 1. The molecular formula is C51H66N10O6. The lowest BCUT2D eigenvalue weighted by Crippen LogP contribution is -2.51. The van der Waals surface area contributed by atoms with Crippen molar-refractivity contribution in [2.45, 2.75) is 140 Å². The van der Waals surface area contributed by atoms with Crippen LogP contribution in [0.3, 0.4) is 0 Å². The molecule has 16 heteroatoms. The van der Waals surface area contributed by atoms with Gasteiger partial charge >= 0.3 is 12.2 Å². The summed E-state index contributed by atoms with van der Waals surface area (Å²) in [4.78, 5) is 81.7. The fraction of sp³-hybridized carbons (Fsp3) is 0.549. The highest BCUT2D eigenvalue weighted by molar-refractivity contribution is 5.87. The molecule has 2 aromatic carbocycles. The Hall–Kier alpha value is -6.19. The van der Waals surface area contributed by atoms with Crippen molar-refractivity contribution in [1.29, 1.82) is 0 Å². The summed E-state index contributed by atoms with van der Waals surface area (Å²) in [5.74, 6) is 1.31. The van der Waals surface area contributed by atoms with Gasteiger partial charge in [0, 0.05) is 31.7 Å². The van der Waals surface area contributed by atoms with E-state index in [1.165, 1.54) is 52.0 Å². The highest BCUT2D eigenvalue weighted by atomic mass is 16.5. The Morgan fingerprint density at radius 1 is 0.716 bits per heavy atom. The smallest absolute Gasteiger partial charge is 0.407 e. The van der Waals surface area contributed by atoms with Gasteiger partial charge in [0.05, 0.1) is 65.2 Å². The summed E-state index contributed by atoms with van der Waals surface area (Å²) in [6.07, 6.45) is 11.4. The van der Waals surface area contributed by atoms with Crippen molar-refractivity contribution in [3.63, 3.8) is 0 Å². The van der Waals surface area contributed by atoms with Crippen LogP contribution in [0, 0.1) is 11.8 Å². The number of carbonyl (C=O) groups is 4. The standard InChI is InChI=1S/C51H66N10O6/c1-29(2)44(57-50(64)67-6)48(62)59-24-10-14-42(59)46-53-36-19-16-32(26-38(36)55-46)40-22-23-41(61(40)34-18-21-35(52-28-34)31-12-8-7-9-13-31)33-17-20-37-39(27-33)56-47(54-37)43-15-11-25-60(43)49(63)45(30(3)4)58(5)51(65)66/h16-21,26-31,40-45H,7-15,22-25H2,1-6H3,(H,53,55)(H,54,56)(H,57,64)(H,65,66)/t40-,41-,42+,43+,44+,45+/m1/s1. The molecule has 67 heavy (non-hydrogen) atoms. The second-order valence-corrected chi connectivity index (χ2v) is 19.9. The first-order chi connectivity index (χ1) is 32.3. The molecule has 1 saturated carbocycles. The van der Waals surface area contributed by atoms with Gasteiger partial charge in [-0.15, -0.1) is 0 Å². The van der Waals surface area contributed by atoms with Crippen LogP contribution >= 0.6 is 0 Å². The Morgan fingerprint density at radius 2 is 1.28 bits per heavy atom. The number of carboxylic acid groups (broad SMARTS) is 1. The van der Waals surface area contributed by atoms with E-state index in [0.29, 0.717) is 19.0 Å². The van der Waals surface area contributed by atoms with Crippen molar-refractivity contribution in [3.8, 4) is 0 Å². The molecule has 6 heterocycles. The highest BCUT2D eigenvalue weighted by Gasteiger charge is 2.41. The number of imidazole rings is 2. The summed E-state index contributed by atoms with van der Waals surface area (Å²) in [6, 6.07) is 15.5. The molecule has 4 N–H and O–H groups in total. The minimum atomic E-state index is -1.12. The van der Waals surface area contributed by atoms with Crippen LogP contribution in [0.25, 0.3) is 22.1 Å². The van der Waals surface area contributed by atoms with Crippen LogP contribution in [-0.4, -0.2) is 108 Å². The monoisotopic (exact) mass is 915 g/mol. The van der Waals surface area contributed by atoms with Crippen LogP contribution in [0.4, 0.5) is 15.3 Å². The minimum Gasteiger partial charge on any atom is -0.465 e. The van der Waals surface area contributed by atoms with E-state index in [4.69, 9.17) is 19.7 Å². The second kappa shape index (κ2) is 19.2. The molecule has 4 amide bonds. The summed E-state index contributed by atoms with van der Waals surface area (Å²) in [6.45, 7) is 8.73. The first kappa shape index (κ1) is 45.9. The number of anilines is 1. The second-order valence-electron chi connectivity index (χ2n) is 19.9. The van der Waals surface area contributed by atoms with Crippen molar-refractivity contribution in [2.75, 3.05) is 32.1 Å². The van der Waals surface area contributed by atoms with Gasteiger partial charge in [0.25, 0.3) is 0 Å². The molecule has 0 unspecified atom stereocenters. The fourth-order valence-electron chi connectivity index (χ4n) is 11.5. The summed E-state index contributed by atoms with van der Waals surface area (Å²) in [5, 5.41) is 12.5. The number of likely N-dealkylation sites (tertiary alicyclic amines) is 2. The van der Waals surface area contributed by atoms with E-state index in [0.717, 1.165) is 94.0 Å². The number of fused-ring (bicyclic) bond motifs is 2. The average molecular weight is 915 g/mol. The van der Waals surface area contributed by atoms with E-state index in [2.05, 4.69) is 74.9 Å². The van der Waals surface area contributed by atoms with E-state index in [1.807, 2.05) is 37.5 Å². The van der Waals surface area contributed by atoms with Crippen molar-refractivity contribution >= 4 is 51.8 Å². The predicted molar refractivity (Wildman–Crippen MR) is 255 cm³/mol. The van der Waals surface area contributed by atoms with Crippen molar-refractivity contribution in [2.24, 2.45) is 11.8 Å². The maximum absolute atomic E-state index is 14.0. The number of amides is 4. The zero-order valence-electron chi connectivity index (χ0n) is 39.7. The lowest BCUT2D eigenvalue weighted by atomic mass is 9.87. The van der Waals surface area contributed by atoms with E-state index < -0.39 is 24.3 Å². The number of hydrogen-bond donors (Lipinski definition) is 4. The SMILES string of the molecule is COC(=O)N[C@H](C(=O)N1CCC[C@H]1c1nc2ccc([C@H]3CC[C@H](c4ccc5nc([C@@H]6CCCN6C(=O)[C@H](C(C)C)N(C)C(=O)O)[nH]c5c4)N3c3ccc(C4CCCCC4)nc3)cc2[nH]1)C(C)C. The number of likely N-dealkylation sites (N-methyl/N-ethyl adjacent to an activating group) is 1. The zero-order valence-corrected chi connectivity index (χ0v) is 39.7. The van der Waals surface area contributed by atoms with Crippen LogP contribution < -0.4 is 10.2 Å². The third-order valence-corrected chi connectivity index (χ3v) is 15.0. The Bertz CT molecular complexity index is 2600. The average Bonchev–Trinajstić information content (AvgIpc) is 4.19. The van der Waals surface area contributed by atoms with Gasteiger partial charge in [0.2, 0.25) is 11.8 Å². The summed E-state index contributed by atoms with van der Waals surface area (Å²) < 4.78 is 4.84. The van der Waals surface area contributed by atoms with Gasteiger partial charge in [-0.2, -0.15) is 0 Å². The van der Waals surface area contributed by atoms with Gasteiger partial charge in [0.15, 0.2) is 0 Å². The van der Waals surface area contributed by atoms with Crippen molar-refractivity contribution < 1.29 is 29.0 Å². The molecule has 3 aliphatic heterocycles. The van der Waals surface area contributed by atoms with Crippen LogP contribution in [0.1, 0.15) is 157 Å². The molecule has 0 radical (unpaired) electrons. The third kappa shape index (κ3) is 9.03. The number of nitrogens with one attached hydrogen (secondary N) is 3. The number of alkyl carbamates (subject to hydrolysis) is 1. The van der Waals surface area contributed by atoms with Crippen LogP contribution in [0.2, 0.25) is 0 Å². The number of aromatic nitrogens is 5. The van der Waals surface area contributed by atoms with Crippen LogP contribution in [0.5, 0.6) is 0 Å². The first-order valence-electron chi connectivity index (χ1n) is 24.5. The molecule has 356 valence electrons. The van der Waals surface area contributed by atoms with Gasteiger partial charge in [0.1, 0.15) is 23.7 Å².